The maximum absolute atomic E-state index is 13.3. The first-order valence-corrected chi connectivity index (χ1v) is 10.6. The second-order valence-electron chi connectivity index (χ2n) is 7.54. The number of esters is 1. The van der Waals surface area contributed by atoms with Crippen LogP contribution in [0.5, 0.6) is 5.75 Å². The molecule has 7 nitrogen and oxygen atoms in total. The van der Waals surface area contributed by atoms with Crippen molar-refractivity contribution in [3.05, 3.63) is 90.0 Å². The molecule has 4 aromatic rings. The molecule has 0 saturated carbocycles. The Kier molecular flexibility index (Phi) is 7.15. The number of benzene rings is 3. The number of aromatic nitrogens is 1. The molecule has 35 heavy (non-hydrogen) atoms. The summed E-state index contributed by atoms with van der Waals surface area (Å²) in [6, 6.07) is 17.9. The van der Waals surface area contributed by atoms with E-state index in [1.807, 2.05) is 0 Å². The van der Waals surface area contributed by atoms with Crippen molar-refractivity contribution >= 4 is 28.6 Å². The highest BCUT2D eigenvalue weighted by atomic mass is 19.1. The molecule has 1 aromatic heterocycles. The third-order valence-electron chi connectivity index (χ3n) is 5.11. The molecule has 0 aliphatic rings. The zero-order valence-corrected chi connectivity index (χ0v) is 18.7. The van der Waals surface area contributed by atoms with Crippen LogP contribution in [0.3, 0.4) is 0 Å². The molecule has 3 aromatic carbocycles. The maximum atomic E-state index is 13.3. The van der Waals surface area contributed by atoms with Gasteiger partial charge in [0.2, 0.25) is 0 Å². The lowest BCUT2D eigenvalue weighted by Gasteiger charge is -2.13. The summed E-state index contributed by atoms with van der Waals surface area (Å²) < 4.78 is 36.7. The van der Waals surface area contributed by atoms with Crippen LogP contribution in [0.1, 0.15) is 5.56 Å². The fraction of sp³-hybridized carbons (Fsp3) is 0.115. The summed E-state index contributed by atoms with van der Waals surface area (Å²) in [7, 11) is 1.26. The van der Waals surface area contributed by atoms with Crippen molar-refractivity contribution in [2.45, 2.75) is 6.54 Å². The van der Waals surface area contributed by atoms with Crippen molar-refractivity contribution in [3.8, 4) is 17.0 Å². The zero-order valence-electron chi connectivity index (χ0n) is 18.7. The van der Waals surface area contributed by atoms with Crippen LogP contribution in [0, 0.1) is 11.6 Å². The smallest absolute Gasteiger partial charge is 0.343 e. The molecule has 0 saturated heterocycles. The molecule has 178 valence electrons. The topological polar surface area (TPSA) is 89.6 Å². The number of halogens is 2. The average Bonchev–Trinajstić information content (AvgIpc) is 2.87. The normalized spacial score (nSPS) is 10.6. The van der Waals surface area contributed by atoms with Crippen molar-refractivity contribution in [2.24, 2.45) is 0 Å². The Hall–Kier alpha value is -4.53. The molecule has 1 heterocycles. The van der Waals surface area contributed by atoms with Gasteiger partial charge in [-0.2, -0.15) is 0 Å². The van der Waals surface area contributed by atoms with E-state index in [1.165, 1.54) is 31.4 Å². The third kappa shape index (κ3) is 6.08. The molecule has 0 bridgehead atoms. The van der Waals surface area contributed by atoms with E-state index < -0.39 is 12.0 Å². The molecule has 0 radical (unpaired) electrons. The molecule has 0 spiro atoms. The van der Waals surface area contributed by atoms with Gasteiger partial charge >= 0.3 is 12.0 Å². The van der Waals surface area contributed by atoms with E-state index >= 15 is 0 Å². The lowest BCUT2D eigenvalue weighted by molar-refractivity contribution is -0.142. The van der Waals surface area contributed by atoms with E-state index in [9.17, 15) is 18.4 Å². The maximum Gasteiger partial charge on any atom is 0.343 e. The van der Waals surface area contributed by atoms with Gasteiger partial charge < -0.3 is 20.1 Å². The van der Waals surface area contributed by atoms with Crippen LogP contribution in [0.15, 0.2) is 72.8 Å². The van der Waals surface area contributed by atoms with Gasteiger partial charge in [0.1, 0.15) is 17.4 Å². The molecule has 0 unspecified atom stereocenters. The fourth-order valence-corrected chi connectivity index (χ4v) is 3.32. The van der Waals surface area contributed by atoms with Gasteiger partial charge in [0, 0.05) is 29.2 Å². The first-order chi connectivity index (χ1) is 16.9. The lowest BCUT2D eigenvalue weighted by atomic mass is 10.1. The minimum absolute atomic E-state index is 0.218. The van der Waals surface area contributed by atoms with Gasteiger partial charge in [-0.3, -0.25) is 0 Å². The van der Waals surface area contributed by atoms with Gasteiger partial charge in [0.25, 0.3) is 0 Å². The summed E-state index contributed by atoms with van der Waals surface area (Å²) in [6.07, 6.45) is 0. The van der Waals surface area contributed by atoms with Crippen LogP contribution in [0.2, 0.25) is 0 Å². The summed E-state index contributed by atoms with van der Waals surface area (Å²) in [5.41, 5.74) is 2.95. The van der Waals surface area contributed by atoms with E-state index in [2.05, 4.69) is 20.4 Å². The summed E-state index contributed by atoms with van der Waals surface area (Å²) in [5.74, 6) is -0.941. The third-order valence-corrected chi connectivity index (χ3v) is 5.11. The standard InChI is InChI=1S/C26H21F2N3O4/c1-34-25(32)15-35-24-13-23(17-4-8-19(28)9-5-17)31-22-11-10-20(12-21(22)24)30-26(33)29-14-16-2-6-18(27)7-3-16/h2-13H,14-15H2,1H3,(H2,29,30,33). The molecular weight excluding hydrogens is 456 g/mol. The number of nitrogens with zero attached hydrogens (tertiary/aromatic N) is 1. The van der Waals surface area contributed by atoms with E-state index in [-0.39, 0.29) is 24.8 Å². The number of methoxy groups -OCH3 is 1. The Bertz CT molecular complexity index is 1360. The molecule has 4 rings (SSSR count). The number of amides is 2. The van der Waals surface area contributed by atoms with Crippen LogP contribution >= 0.6 is 0 Å². The molecule has 0 aliphatic heterocycles. The Morgan fingerprint density at radius 2 is 1.60 bits per heavy atom. The van der Waals surface area contributed by atoms with Gasteiger partial charge in [0.05, 0.1) is 18.3 Å². The Balaban J connectivity index is 1.58. The highest BCUT2D eigenvalue weighted by molar-refractivity contribution is 5.95. The van der Waals surface area contributed by atoms with Gasteiger partial charge in [-0.15, -0.1) is 0 Å². The Morgan fingerprint density at radius 1 is 0.914 bits per heavy atom. The van der Waals surface area contributed by atoms with E-state index in [0.717, 1.165) is 5.56 Å². The van der Waals surface area contributed by atoms with Crippen molar-refractivity contribution < 1.29 is 27.8 Å². The number of carbonyl (C=O) groups excluding carboxylic acids is 2. The van der Waals surface area contributed by atoms with Crippen LogP contribution in [0.25, 0.3) is 22.2 Å². The van der Waals surface area contributed by atoms with E-state index in [1.54, 1.807) is 48.5 Å². The molecule has 0 aliphatic carbocycles. The van der Waals surface area contributed by atoms with Crippen molar-refractivity contribution in [1.82, 2.24) is 10.3 Å². The largest absolute Gasteiger partial charge is 0.481 e. The number of fused-ring (bicyclic) bond motifs is 1. The summed E-state index contributed by atoms with van der Waals surface area (Å²) >= 11 is 0. The van der Waals surface area contributed by atoms with Crippen LogP contribution in [-0.2, 0) is 16.1 Å². The first-order valence-electron chi connectivity index (χ1n) is 10.6. The highest BCUT2D eigenvalue weighted by Gasteiger charge is 2.13. The van der Waals surface area contributed by atoms with Crippen molar-refractivity contribution in [1.29, 1.82) is 0 Å². The van der Waals surface area contributed by atoms with E-state index in [4.69, 9.17) is 4.74 Å². The second-order valence-corrected chi connectivity index (χ2v) is 7.54. The monoisotopic (exact) mass is 477 g/mol. The molecular formula is C26H21F2N3O4. The summed E-state index contributed by atoms with van der Waals surface area (Å²) in [6.45, 7) is -0.107. The molecule has 9 heteroatoms. The average molecular weight is 477 g/mol. The highest BCUT2D eigenvalue weighted by Crippen LogP contribution is 2.32. The quantitative estimate of drug-likeness (QED) is 0.364. The van der Waals surface area contributed by atoms with Crippen LogP contribution in [-0.4, -0.2) is 30.7 Å². The van der Waals surface area contributed by atoms with E-state index in [0.29, 0.717) is 33.6 Å². The Labute approximate surface area is 199 Å². The number of hydrogen-bond donors (Lipinski definition) is 2. The van der Waals surface area contributed by atoms with Gasteiger partial charge in [0.15, 0.2) is 6.61 Å². The van der Waals surface area contributed by atoms with Gasteiger partial charge in [-0.1, -0.05) is 12.1 Å². The number of rotatable bonds is 7. The Morgan fingerprint density at radius 3 is 2.29 bits per heavy atom. The number of carbonyl (C=O) groups is 2. The zero-order chi connectivity index (χ0) is 24.8. The van der Waals surface area contributed by atoms with Crippen LogP contribution in [0.4, 0.5) is 19.3 Å². The molecule has 2 N–H and O–H groups in total. The minimum Gasteiger partial charge on any atom is -0.481 e. The lowest BCUT2D eigenvalue weighted by Crippen LogP contribution is -2.28. The predicted molar refractivity (Wildman–Crippen MR) is 127 cm³/mol. The molecule has 0 atom stereocenters. The number of anilines is 1. The number of ether oxygens (including phenoxy) is 2. The predicted octanol–water partition coefficient (Wildman–Crippen LogP) is 5.05. The number of hydrogen-bond acceptors (Lipinski definition) is 5. The van der Waals surface area contributed by atoms with Crippen molar-refractivity contribution in [2.75, 3.05) is 19.0 Å². The molecule has 0 fully saturated rings. The SMILES string of the molecule is COC(=O)COc1cc(-c2ccc(F)cc2)nc2ccc(NC(=O)NCc3ccc(F)cc3)cc12. The van der Waals surface area contributed by atoms with Gasteiger partial charge in [-0.25, -0.2) is 23.4 Å². The first kappa shape index (κ1) is 23.6. The number of pyridine rings is 1. The number of nitrogens with one attached hydrogen (secondary N) is 2. The summed E-state index contributed by atoms with van der Waals surface area (Å²) in [4.78, 5) is 28.6. The second kappa shape index (κ2) is 10.6. The number of urea groups is 1. The van der Waals surface area contributed by atoms with Gasteiger partial charge in [-0.05, 0) is 60.2 Å². The van der Waals surface area contributed by atoms with Crippen molar-refractivity contribution in [3.63, 3.8) is 0 Å². The fourth-order valence-electron chi connectivity index (χ4n) is 3.32. The van der Waals surface area contributed by atoms with Crippen LogP contribution < -0.4 is 15.4 Å². The minimum atomic E-state index is -0.562. The molecule has 2 amide bonds. The summed E-state index contributed by atoms with van der Waals surface area (Å²) in [5, 5.41) is 5.98.